The lowest BCUT2D eigenvalue weighted by Gasteiger charge is -2.33. The van der Waals surface area contributed by atoms with Gasteiger partial charge in [-0.05, 0) is 36.6 Å². The van der Waals surface area contributed by atoms with Crippen molar-refractivity contribution in [3.8, 4) is 5.75 Å². The van der Waals surface area contributed by atoms with Crippen LogP contribution in [0.4, 0.5) is 18.9 Å². The molecule has 1 aromatic carbocycles. The summed E-state index contributed by atoms with van der Waals surface area (Å²) in [6, 6.07) is 4.51. The second-order valence-corrected chi connectivity index (χ2v) is 5.00. The first-order valence-corrected chi connectivity index (χ1v) is 6.20. The largest absolute Gasteiger partial charge is 0.573 e. The van der Waals surface area contributed by atoms with Gasteiger partial charge in [-0.15, -0.1) is 13.2 Å². The number of fused-ring (bicyclic) bond motifs is 2. The van der Waals surface area contributed by atoms with Gasteiger partial charge in [0.2, 0.25) is 0 Å². The van der Waals surface area contributed by atoms with Gasteiger partial charge in [0.25, 0.3) is 0 Å². The van der Waals surface area contributed by atoms with Gasteiger partial charge in [-0.25, -0.2) is 0 Å². The van der Waals surface area contributed by atoms with Gasteiger partial charge in [0.1, 0.15) is 5.75 Å². The third-order valence-corrected chi connectivity index (χ3v) is 3.86. The normalized spacial score (nSPS) is 21.0. The predicted molar refractivity (Wildman–Crippen MR) is 63.3 cm³/mol. The van der Waals surface area contributed by atoms with E-state index in [4.69, 9.17) is 4.74 Å². The van der Waals surface area contributed by atoms with E-state index in [2.05, 4.69) is 10.1 Å². The third kappa shape index (κ3) is 2.36. The van der Waals surface area contributed by atoms with Crippen molar-refractivity contribution >= 4 is 5.69 Å². The van der Waals surface area contributed by atoms with Crippen LogP contribution in [0.1, 0.15) is 18.4 Å². The fraction of sp³-hybridized carbons (Fsp3) is 0.538. The lowest BCUT2D eigenvalue weighted by Crippen LogP contribution is -2.35. The van der Waals surface area contributed by atoms with E-state index >= 15 is 0 Å². The SMILES string of the molecule is FC(F)(F)Oc1ccc2c(c1)C1(CCOCC1)CN2. The van der Waals surface area contributed by atoms with Crippen LogP contribution >= 0.6 is 0 Å². The summed E-state index contributed by atoms with van der Waals surface area (Å²) in [4.78, 5) is 0. The predicted octanol–water partition coefficient (Wildman–Crippen LogP) is 3.06. The maximum absolute atomic E-state index is 12.3. The van der Waals surface area contributed by atoms with Gasteiger partial charge in [-0.1, -0.05) is 0 Å². The topological polar surface area (TPSA) is 30.5 Å². The monoisotopic (exact) mass is 273 g/mol. The second-order valence-electron chi connectivity index (χ2n) is 5.00. The lowest BCUT2D eigenvalue weighted by molar-refractivity contribution is -0.274. The Morgan fingerprint density at radius 2 is 1.95 bits per heavy atom. The molecule has 1 aromatic rings. The van der Waals surface area contributed by atoms with E-state index < -0.39 is 6.36 Å². The first-order chi connectivity index (χ1) is 8.99. The molecule has 6 heteroatoms. The fourth-order valence-electron chi connectivity index (χ4n) is 2.88. The Labute approximate surface area is 108 Å². The Kier molecular flexibility index (Phi) is 2.85. The average Bonchev–Trinajstić information content (AvgIpc) is 2.67. The summed E-state index contributed by atoms with van der Waals surface area (Å²) in [7, 11) is 0. The number of anilines is 1. The zero-order valence-corrected chi connectivity index (χ0v) is 10.2. The minimum Gasteiger partial charge on any atom is -0.406 e. The summed E-state index contributed by atoms with van der Waals surface area (Å²) in [5, 5.41) is 3.26. The number of nitrogens with one attached hydrogen (secondary N) is 1. The van der Waals surface area contributed by atoms with Gasteiger partial charge in [-0.2, -0.15) is 0 Å². The van der Waals surface area contributed by atoms with Gasteiger partial charge in [0.15, 0.2) is 0 Å². The molecule has 0 unspecified atom stereocenters. The lowest BCUT2D eigenvalue weighted by atomic mass is 9.76. The zero-order chi connectivity index (χ0) is 13.5. The van der Waals surface area contributed by atoms with Gasteiger partial charge in [-0.3, -0.25) is 0 Å². The molecule has 1 N–H and O–H groups in total. The molecular weight excluding hydrogens is 259 g/mol. The summed E-state index contributed by atoms with van der Waals surface area (Å²) in [6.07, 6.45) is -3.01. The Hall–Kier alpha value is -1.43. The highest BCUT2D eigenvalue weighted by molar-refractivity contribution is 5.62. The van der Waals surface area contributed by atoms with Crippen molar-refractivity contribution in [2.75, 3.05) is 25.1 Å². The molecular formula is C13H14F3NO2. The molecule has 2 aliphatic heterocycles. The molecule has 3 nitrogen and oxygen atoms in total. The van der Waals surface area contributed by atoms with Crippen molar-refractivity contribution in [3.05, 3.63) is 23.8 Å². The van der Waals surface area contributed by atoms with Crippen molar-refractivity contribution in [3.63, 3.8) is 0 Å². The van der Waals surface area contributed by atoms with Crippen LogP contribution in [-0.4, -0.2) is 26.1 Å². The van der Waals surface area contributed by atoms with Gasteiger partial charge < -0.3 is 14.8 Å². The van der Waals surface area contributed by atoms with E-state index in [9.17, 15) is 13.2 Å². The van der Waals surface area contributed by atoms with Crippen LogP contribution in [0.3, 0.4) is 0 Å². The fourth-order valence-corrected chi connectivity index (χ4v) is 2.88. The maximum atomic E-state index is 12.3. The first-order valence-electron chi connectivity index (χ1n) is 6.20. The molecule has 0 atom stereocenters. The van der Waals surface area contributed by atoms with Crippen molar-refractivity contribution in [2.45, 2.75) is 24.6 Å². The second kappa shape index (κ2) is 4.30. The van der Waals surface area contributed by atoms with Crippen LogP contribution < -0.4 is 10.1 Å². The Bertz CT molecular complexity index is 476. The van der Waals surface area contributed by atoms with Crippen LogP contribution in [0, 0.1) is 0 Å². The van der Waals surface area contributed by atoms with Crippen LogP contribution in [0.5, 0.6) is 5.75 Å². The molecule has 1 fully saturated rings. The van der Waals surface area contributed by atoms with E-state index in [1.807, 2.05) is 0 Å². The van der Waals surface area contributed by atoms with Crippen molar-refractivity contribution in [1.82, 2.24) is 0 Å². The number of rotatable bonds is 1. The number of alkyl halides is 3. The molecule has 2 aliphatic rings. The highest BCUT2D eigenvalue weighted by Crippen LogP contribution is 2.45. The Morgan fingerprint density at radius 1 is 1.21 bits per heavy atom. The van der Waals surface area contributed by atoms with Crippen molar-refractivity contribution in [2.24, 2.45) is 0 Å². The summed E-state index contributed by atoms with van der Waals surface area (Å²) in [5.74, 6) is -0.152. The minimum absolute atomic E-state index is 0.113. The third-order valence-electron chi connectivity index (χ3n) is 3.86. The maximum Gasteiger partial charge on any atom is 0.573 e. The first kappa shape index (κ1) is 12.6. The molecule has 1 saturated heterocycles. The van der Waals surface area contributed by atoms with Gasteiger partial charge in [0.05, 0.1) is 0 Å². The molecule has 0 bridgehead atoms. The molecule has 1 spiro atoms. The van der Waals surface area contributed by atoms with Crippen LogP contribution in [0.25, 0.3) is 0 Å². The molecule has 0 aliphatic carbocycles. The summed E-state index contributed by atoms with van der Waals surface area (Å²) >= 11 is 0. The smallest absolute Gasteiger partial charge is 0.406 e. The van der Waals surface area contributed by atoms with Gasteiger partial charge in [0, 0.05) is 30.9 Å². The summed E-state index contributed by atoms with van der Waals surface area (Å²) in [6.45, 7) is 2.04. The minimum atomic E-state index is -4.65. The van der Waals surface area contributed by atoms with E-state index in [0.29, 0.717) is 13.2 Å². The number of hydrogen-bond donors (Lipinski definition) is 1. The van der Waals surface area contributed by atoms with E-state index in [-0.39, 0.29) is 11.2 Å². The molecule has 0 aromatic heterocycles. The molecule has 0 radical (unpaired) electrons. The van der Waals surface area contributed by atoms with Crippen molar-refractivity contribution in [1.29, 1.82) is 0 Å². The van der Waals surface area contributed by atoms with Crippen LogP contribution in [-0.2, 0) is 10.2 Å². The Morgan fingerprint density at radius 3 is 2.63 bits per heavy atom. The van der Waals surface area contributed by atoms with Crippen LogP contribution in [0.15, 0.2) is 18.2 Å². The summed E-state index contributed by atoms with van der Waals surface area (Å²) in [5.41, 5.74) is 1.70. The number of benzene rings is 1. The molecule has 2 heterocycles. The van der Waals surface area contributed by atoms with E-state index in [1.165, 1.54) is 12.1 Å². The van der Waals surface area contributed by atoms with Crippen molar-refractivity contribution < 1.29 is 22.6 Å². The standard InChI is InChI=1S/C13H14F3NO2/c14-13(15,16)19-9-1-2-11-10(7-9)12(8-17-11)3-5-18-6-4-12/h1-2,7,17H,3-6,8H2. The van der Waals surface area contributed by atoms with Gasteiger partial charge >= 0.3 is 6.36 Å². The average molecular weight is 273 g/mol. The highest BCUT2D eigenvalue weighted by atomic mass is 19.4. The Balaban J connectivity index is 1.92. The highest BCUT2D eigenvalue weighted by Gasteiger charge is 2.41. The zero-order valence-electron chi connectivity index (χ0n) is 10.2. The molecule has 0 amide bonds. The number of hydrogen-bond acceptors (Lipinski definition) is 3. The van der Waals surface area contributed by atoms with Crippen LogP contribution in [0.2, 0.25) is 0 Å². The molecule has 0 saturated carbocycles. The number of halogens is 3. The molecule has 104 valence electrons. The molecule has 19 heavy (non-hydrogen) atoms. The molecule has 3 rings (SSSR count). The summed E-state index contributed by atoms with van der Waals surface area (Å²) < 4.78 is 46.2. The van der Waals surface area contributed by atoms with E-state index in [0.717, 1.165) is 30.6 Å². The van der Waals surface area contributed by atoms with E-state index in [1.54, 1.807) is 6.07 Å². The number of ether oxygens (including phenoxy) is 2. The quantitative estimate of drug-likeness (QED) is 0.853.